The number of anilines is 2. The molecule has 3 rings (SSSR count). The summed E-state index contributed by atoms with van der Waals surface area (Å²) in [5.41, 5.74) is 12.1. The van der Waals surface area contributed by atoms with Gasteiger partial charge in [-0.2, -0.15) is 0 Å². The van der Waals surface area contributed by atoms with Crippen molar-refractivity contribution in [3.63, 3.8) is 0 Å². The number of rotatable bonds is 9. The lowest BCUT2D eigenvalue weighted by Crippen LogP contribution is -2.36. The van der Waals surface area contributed by atoms with Crippen molar-refractivity contribution in [2.75, 3.05) is 36.0 Å². The normalized spacial score (nSPS) is 15.9. The molecular formula is C20H25FN8O2. The van der Waals surface area contributed by atoms with Crippen LogP contribution in [0.15, 0.2) is 48.9 Å². The molecule has 1 unspecified atom stereocenters. The molecule has 0 saturated carbocycles. The highest BCUT2D eigenvalue weighted by Gasteiger charge is 2.33. The average Bonchev–Trinajstić information content (AvgIpc) is 3.12. The van der Waals surface area contributed by atoms with Gasteiger partial charge >= 0.3 is 6.09 Å². The highest BCUT2D eigenvalue weighted by Crippen LogP contribution is 2.29. The van der Waals surface area contributed by atoms with E-state index in [0.29, 0.717) is 35.7 Å². The molecule has 10 nitrogen and oxygen atoms in total. The summed E-state index contributed by atoms with van der Waals surface area (Å²) in [5, 5.41) is 8.75. The molecule has 1 aliphatic heterocycles. The highest BCUT2D eigenvalue weighted by atomic mass is 19.1. The second-order valence-electron chi connectivity index (χ2n) is 6.84. The molecule has 1 fully saturated rings. The van der Waals surface area contributed by atoms with Crippen molar-refractivity contribution in [2.24, 2.45) is 17.3 Å². The van der Waals surface area contributed by atoms with E-state index in [1.165, 1.54) is 34.6 Å². The van der Waals surface area contributed by atoms with Gasteiger partial charge in [0.05, 0.1) is 25.1 Å². The first kappa shape index (κ1) is 22.0. The zero-order chi connectivity index (χ0) is 22.4. The summed E-state index contributed by atoms with van der Waals surface area (Å²) in [6.07, 6.45) is 4.37. The van der Waals surface area contributed by atoms with E-state index >= 15 is 0 Å². The van der Waals surface area contributed by atoms with Crippen LogP contribution in [-0.2, 0) is 4.74 Å². The Morgan fingerprint density at radius 1 is 1.35 bits per heavy atom. The minimum atomic E-state index is -0.570. The molecule has 0 radical (unpaired) electrons. The van der Waals surface area contributed by atoms with Crippen molar-refractivity contribution in [3.8, 4) is 11.1 Å². The fourth-order valence-corrected chi connectivity index (χ4v) is 3.24. The molecule has 164 valence electrons. The van der Waals surface area contributed by atoms with Crippen LogP contribution in [0.4, 0.5) is 20.7 Å². The van der Waals surface area contributed by atoms with Crippen LogP contribution in [0.5, 0.6) is 0 Å². The van der Waals surface area contributed by atoms with Crippen molar-refractivity contribution in [2.45, 2.75) is 6.10 Å². The van der Waals surface area contributed by atoms with Crippen LogP contribution in [0.1, 0.15) is 0 Å². The van der Waals surface area contributed by atoms with Crippen molar-refractivity contribution >= 4 is 23.9 Å². The Balaban J connectivity index is 1.74. The molecule has 1 atom stereocenters. The highest BCUT2D eigenvalue weighted by molar-refractivity contribution is 5.90. The van der Waals surface area contributed by atoms with E-state index in [2.05, 4.69) is 4.98 Å². The molecule has 2 heterocycles. The van der Waals surface area contributed by atoms with Gasteiger partial charge in [0.25, 0.3) is 0 Å². The first-order valence-corrected chi connectivity index (χ1v) is 9.58. The van der Waals surface area contributed by atoms with Crippen LogP contribution in [0, 0.1) is 11.2 Å². The summed E-state index contributed by atoms with van der Waals surface area (Å²) >= 11 is 0. The second kappa shape index (κ2) is 9.87. The van der Waals surface area contributed by atoms with Gasteiger partial charge in [0.2, 0.25) is 0 Å². The summed E-state index contributed by atoms with van der Waals surface area (Å²) in [6.45, 7) is 1.32. The smallest absolute Gasteiger partial charge is 0.414 e. The molecule has 1 aromatic carbocycles. The van der Waals surface area contributed by atoms with Gasteiger partial charge in [-0.25, -0.2) is 20.0 Å². The van der Waals surface area contributed by atoms with E-state index in [0.717, 1.165) is 6.34 Å². The van der Waals surface area contributed by atoms with Gasteiger partial charge in [0, 0.05) is 42.8 Å². The summed E-state index contributed by atoms with van der Waals surface area (Å²) in [7, 11) is 0. The van der Waals surface area contributed by atoms with Gasteiger partial charge in [-0.05, 0) is 30.3 Å². The molecule has 31 heavy (non-hydrogen) atoms. The monoisotopic (exact) mass is 428 g/mol. The Morgan fingerprint density at radius 3 is 2.77 bits per heavy atom. The number of hydrogen-bond donors (Lipinski definition) is 4. The minimum Gasteiger partial charge on any atom is -0.442 e. The molecular weight excluding hydrogens is 403 g/mol. The standard InChI is InChI=1S/C20H25FN8O2/c21-18-9-15(29-12-16(31-20(29)30)11-28(25)8-6-23)2-3-17(18)14-1-4-19(26-10-14)27(13-24)7-5-22/h1-4,6,8-10,13,16,24H,5,7,11-12,22-23,25H2/b8-6-,24-13?. The Morgan fingerprint density at radius 2 is 2.16 bits per heavy atom. The number of halogens is 1. The van der Waals surface area contributed by atoms with E-state index in [-0.39, 0.29) is 13.1 Å². The van der Waals surface area contributed by atoms with Gasteiger partial charge in [-0.3, -0.25) is 10.3 Å². The van der Waals surface area contributed by atoms with Gasteiger partial charge in [-0.15, -0.1) is 0 Å². The van der Waals surface area contributed by atoms with Gasteiger partial charge < -0.3 is 26.1 Å². The Hall–Kier alpha value is -3.70. The van der Waals surface area contributed by atoms with Crippen LogP contribution in [-0.4, -0.2) is 54.7 Å². The summed E-state index contributed by atoms with van der Waals surface area (Å²) in [4.78, 5) is 19.4. The molecule has 0 spiro atoms. The van der Waals surface area contributed by atoms with Gasteiger partial charge in [-0.1, -0.05) is 0 Å². The van der Waals surface area contributed by atoms with E-state index in [1.807, 2.05) is 0 Å². The first-order valence-electron chi connectivity index (χ1n) is 9.58. The lowest BCUT2D eigenvalue weighted by Gasteiger charge is -2.18. The number of hydrazine groups is 1. The predicted octanol–water partition coefficient (Wildman–Crippen LogP) is 1.19. The third-order valence-corrected chi connectivity index (χ3v) is 4.71. The van der Waals surface area contributed by atoms with E-state index in [9.17, 15) is 9.18 Å². The molecule has 1 aromatic heterocycles. The quantitative estimate of drug-likeness (QED) is 0.201. The molecule has 0 bridgehead atoms. The largest absolute Gasteiger partial charge is 0.442 e. The Bertz CT molecular complexity index is 953. The predicted molar refractivity (Wildman–Crippen MR) is 117 cm³/mol. The van der Waals surface area contributed by atoms with Crippen LogP contribution in [0.3, 0.4) is 0 Å². The third-order valence-electron chi connectivity index (χ3n) is 4.71. The number of carbonyl (C=O) groups is 1. The number of pyridine rings is 1. The van der Waals surface area contributed by atoms with Gasteiger partial charge in [0.15, 0.2) is 0 Å². The van der Waals surface area contributed by atoms with E-state index in [4.69, 9.17) is 27.5 Å². The van der Waals surface area contributed by atoms with Crippen molar-refractivity contribution in [1.82, 2.24) is 9.99 Å². The number of benzene rings is 1. The fraction of sp³-hybridized carbons (Fsp3) is 0.250. The second-order valence-corrected chi connectivity index (χ2v) is 6.84. The van der Waals surface area contributed by atoms with Crippen LogP contribution in [0.25, 0.3) is 11.1 Å². The van der Waals surface area contributed by atoms with E-state index in [1.54, 1.807) is 29.2 Å². The Kier molecular flexibility index (Phi) is 7.00. The number of cyclic esters (lactones) is 1. The average molecular weight is 428 g/mol. The maximum atomic E-state index is 14.8. The summed E-state index contributed by atoms with van der Waals surface area (Å²) < 4.78 is 20.1. The lowest BCUT2D eigenvalue weighted by molar-refractivity contribution is 0.122. The number of carbonyl (C=O) groups excluding carboxylic acids is 1. The number of nitrogens with two attached hydrogens (primary N) is 3. The van der Waals surface area contributed by atoms with Crippen molar-refractivity contribution in [1.29, 1.82) is 5.41 Å². The SMILES string of the molecule is N=CN(CCN)c1ccc(-c2ccc(N3CC(CN(N)/C=C\N)OC3=O)cc2F)cn1. The van der Waals surface area contributed by atoms with Crippen LogP contribution < -0.4 is 27.1 Å². The number of nitrogens with zero attached hydrogens (tertiary/aromatic N) is 4. The number of ether oxygens (including phenoxy) is 1. The number of nitrogens with one attached hydrogen (secondary N) is 1. The van der Waals surface area contributed by atoms with Crippen molar-refractivity contribution in [3.05, 3.63) is 54.7 Å². The molecule has 2 aromatic rings. The van der Waals surface area contributed by atoms with E-state index < -0.39 is 18.0 Å². The topological polar surface area (TPSA) is 151 Å². The molecule has 0 aliphatic carbocycles. The third kappa shape index (κ3) is 5.08. The van der Waals surface area contributed by atoms with Crippen molar-refractivity contribution < 1.29 is 13.9 Å². The first-order chi connectivity index (χ1) is 15.0. The summed E-state index contributed by atoms with van der Waals surface area (Å²) in [6, 6.07) is 7.93. The maximum Gasteiger partial charge on any atom is 0.414 e. The molecule has 11 heteroatoms. The maximum absolute atomic E-state index is 14.8. The molecule has 7 N–H and O–H groups in total. The van der Waals surface area contributed by atoms with Crippen LogP contribution in [0.2, 0.25) is 0 Å². The molecule has 1 amide bonds. The minimum absolute atomic E-state index is 0.237. The Labute approximate surface area is 179 Å². The molecule has 1 aliphatic rings. The number of hydrogen-bond acceptors (Lipinski definition) is 8. The summed E-state index contributed by atoms with van der Waals surface area (Å²) in [5.74, 6) is 5.77. The number of amides is 1. The zero-order valence-corrected chi connectivity index (χ0v) is 16.8. The van der Waals surface area contributed by atoms with Gasteiger partial charge in [0.1, 0.15) is 17.7 Å². The fourth-order valence-electron chi connectivity index (χ4n) is 3.24. The van der Waals surface area contributed by atoms with Crippen LogP contribution >= 0.6 is 0 Å². The number of aromatic nitrogens is 1. The zero-order valence-electron chi connectivity index (χ0n) is 16.8. The molecule has 1 saturated heterocycles. The lowest BCUT2D eigenvalue weighted by atomic mass is 10.1.